The van der Waals surface area contributed by atoms with Gasteiger partial charge in [-0.25, -0.2) is 4.68 Å². The summed E-state index contributed by atoms with van der Waals surface area (Å²) in [5.74, 6) is 0.471. The number of halogens is 2. The van der Waals surface area contributed by atoms with E-state index in [1.54, 1.807) is 16.9 Å². The predicted molar refractivity (Wildman–Crippen MR) is 121 cm³/mol. The fourth-order valence-corrected chi connectivity index (χ4v) is 4.12. The van der Waals surface area contributed by atoms with Crippen molar-refractivity contribution in [1.82, 2.24) is 14.7 Å². The molecule has 0 N–H and O–H groups in total. The van der Waals surface area contributed by atoms with Crippen LogP contribution in [0.2, 0.25) is 5.02 Å². The lowest BCUT2D eigenvalue weighted by molar-refractivity contribution is 0.163. The molecule has 0 amide bonds. The number of hydrogen-bond donors (Lipinski definition) is 0. The molecular weight excluding hydrogens is 405 g/mol. The molecule has 1 aliphatic heterocycles. The van der Waals surface area contributed by atoms with Gasteiger partial charge in [-0.2, -0.15) is 5.10 Å². The van der Waals surface area contributed by atoms with E-state index in [0.29, 0.717) is 23.0 Å². The highest BCUT2D eigenvalue weighted by molar-refractivity contribution is 6.33. The first kappa shape index (κ1) is 21.6. The van der Waals surface area contributed by atoms with E-state index in [2.05, 4.69) is 40.3 Å². The molecular formula is C23H25Cl2N3O. The van der Waals surface area contributed by atoms with Crippen LogP contribution in [0.15, 0.2) is 71.7 Å². The average molecular weight is 430 g/mol. The lowest BCUT2D eigenvalue weighted by Gasteiger charge is -2.32. The Morgan fingerprint density at radius 3 is 2.34 bits per heavy atom. The molecule has 0 atom stereocenters. The zero-order chi connectivity index (χ0) is 19.3. The number of nitrogens with zero attached hydrogens (tertiary/aromatic N) is 3. The Hall–Kier alpha value is -2.14. The molecule has 4 rings (SSSR count). The van der Waals surface area contributed by atoms with E-state index >= 15 is 0 Å². The molecule has 1 aromatic heterocycles. The third-order valence-electron chi connectivity index (χ3n) is 5.46. The molecule has 0 unspecified atom stereocenters. The van der Waals surface area contributed by atoms with Crippen LogP contribution < -0.4 is 5.56 Å². The zero-order valence-electron chi connectivity index (χ0n) is 16.2. The van der Waals surface area contributed by atoms with Gasteiger partial charge in [-0.05, 0) is 49.5 Å². The number of aromatic nitrogens is 2. The van der Waals surface area contributed by atoms with Gasteiger partial charge in [0.1, 0.15) is 0 Å². The summed E-state index contributed by atoms with van der Waals surface area (Å²) in [6, 6.07) is 19.8. The van der Waals surface area contributed by atoms with E-state index in [0.717, 1.165) is 38.0 Å². The van der Waals surface area contributed by atoms with Gasteiger partial charge in [0.05, 0.1) is 5.56 Å². The Morgan fingerprint density at radius 2 is 1.62 bits per heavy atom. The van der Waals surface area contributed by atoms with Crippen molar-refractivity contribution in [3.63, 3.8) is 0 Å². The first-order valence-electron chi connectivity index (χ1n) is 9.78. The monoisotopic (exact) mass is 429 g/mol. The summed E-state index contributed by atoms with van der Waals surface area (Å²) in [6.07, 6.45) is 3.86. The molecule has 3 aromatic rings. The van der Waals surface area contributed by atoms with Gasteiger partial charge in [-0.15, -0.1) is 12.4 Å². The van der Waals surface area contributed by atoms with E-state index in [1.165, 1.54) is 5.56 Å². The lowest BCUT2D eigenvalue weighted by Crippen LogP contribution is -2.36. The largest absolute Gasteiger partial charge is 0.299 e. The Bertz CT molecular complexity index is 983. The van der Waals surface area contributed by atoms with Gasteiger partial charge in [-0.3, -0.25) is 9.69 Å². The highest BCUT2D eigenvalue weighted by Gasteiger charge is 2.21. The third kappa shape index (κ3) is 5.27. The van der Waals surface area contributed by atoms with Gasteiger partial charge in [0.2, 0.25) is 0 Å². The maximum Gasteiger partial charge on any atom is 0.274 e. The zero-order valence-corrected chi connectivity index (χ0v) is 17.8. The van der Waals surface area contributed by atoms with Crippen molar-refractivity contribution in [3.8, 4) is 11.1 Å². The smallest absolute Gasteiger partial charge is 0.274 e. The standard InChI is InChI=1S/C23H24ClN3O.ClH/c24-22-9-5-4-8-20(22)21-10-13-25-27(23(21)28)17-19-11-14-26(15-12-19)16-18-6-2-1-3-7-18;/h1-10,13,19H,11-12,14-17H2;1H. The summed E-state index contributed by atoms with van der Waals surface area (Å²) in [5.41, 5.74) is 2.67. The molecule has 0 radical (unpaired) electrons. The van der Waals surface area contributed by atoms with E-state index < -0.39 is 0 Å². The maximum atomic E-state index is 12.9. The Kier molecular flexibility index (Phi) is 7.48. The number of rotatable bonds is 5. The second-order valence-electron chi connectivity index (χ2n) is 7.42. The van der Waals surface area contributed by atoms with E-state index in [4.69, 9.17) is 11.6 Å². The molecule has 1 saturated heterocycles. The molecule has 0 spiro atoms. The van der Waals surface area contributed by atoms with Crippen LogP contribution in [0, 0.1) is 5.92 Å². The molecule has 152 valence electrons. The number of hydrogen-bond acceptors (Lipinski definition) is 3. The topological polar surface area (TPSA) is 38.1 Å². The van der Waals surface area contributed by atoms with Crippen LogP contribution in [0.25, 0.3) is 11.1 Å². The highest BCUT2D eigenvalue weighted by Crippen LogP contribution is 2.25. The van der Waals surface area contributed by atoms with Crippen LogP contribution in [0.1, 0.15) is 18.4 Å². The van der Waals surface area contributed by atoms with E-state index in [9.17, 15) is 4.79 Å². The van der Waals surface area contributed by atoms with Gasteiger partial charge in [-0.1, -0.05) is 60.1 Å². The molecule has 1 aliphatic rings. The van der Waals surface area contributed by atoms with Crippen molar-refractivity contribution in [1.29, 1.82) is 0 Å². The average Bonchev–Trinajstić information content (AvgIpc) is 2.72. The Balaban J connectivity index is 0.00000240. The fourth-order valence-electron chi connectivity index (χ4n) is 3.88. The van der Waals surface area contributed by atoms with Crippen molar-refractivity contribution in [2.24, 2.45) is 5.92 Å². The molecule has 29 heavy (non-hydrogen) atoms. The second-order valence-corrected chi connectivity index (χ2v) is 7.82. The minimum absolute atomic E-state index is 0. The molecule has 0 saturated carbocycles. The first-order valence-corrected chi connectivity index (χ1v) is 10.2. The summed E-state index contributed by atoms with van der Waals surface area (Å²) in [5, 5.41) is 4.91. The van der Waals surface area contributed by atoms with Crippen LogP contribution in [0.5, 0.6) is 0 Å². The van der Waals surface area contributed by atoms with E-state index in [-0.39, 0.29) is 18.0 Å². The van der Waals surface area contributed by atoms with Crippen molar-refractivity contribution in [2.45, 2.75) is 25.9 Å². The second kappa shape index (κ2) is 10.1. The molecule has 0 bridgehead atoms. The number of piperidine rings is 1. The van der Waals surface area contributed by atoms with Gasteiger partial charge in [0.25, 0.3) is 5.56 Å². The molecule has 4 nitrogen and oxygen atoms in total. The van der Waals surface area contributed by atoms with Crippen molar-refractivity contribution in [2.75, 3.05) is 13.1 Å². The summed E-state index contributed by atoms with van der Waals surface area (Å²) in [6.45, 7) is 3.76. The fraction of sp³-hybridized carbons (Fsp3) is 0.304. The SMILES string of the molecule is Cl.O=c1c(-c2ccccc2Cl)ccnn1CC1CCN(Cc2ccccc2)CC1. The van der Waals surface area contributed by atoms with Crippen LogP contribution in [0.4, 0.5) is 0 Å². The van der Waals surface area contributed by atoms with Gasteiger partial charge in [0.15, 0.2) is 0 Å². The van der Waals surface area contributed by atoms with E-state index in [1.807, 2.05) is 24.3 Å². The van der Waals surface area contributed by atoms with Gasteiger partial charge >= 0.3 is 0 Å². The van der Waals surface area contributed by atoms with Crippen molar-refractivity contribution >= 4 is 24.0 Å². The Morgan fingerprint density at radius 1 is 0.931 bits per heavy atom. The minimum atomic E-state index is -0.0673. The summed E-state index contributed by atoms with van der Waals surface area (Å²) in [4.78, 5) is 15.4. The summed E-state index contributed by atoms with van der Waals surface area (Å²) in [7, 11) is 0. The minimum Gasteiger partial charge on any atom is -0.299 e. The van der Waals surface area contributed by atoms with Crippen LogP contribution in [0.3, 0.4) is 0 Å². The Labute approximate surface area is 182 Å². The van der Waals surface area contributed by atoms with Crippen LogP contribution in [-0.2, 0) is 13.1 Å². The van der Waals surface area contributed by atoms with Crippen LogP contribution in [-0.4, -0.2) is 27.8 Å². The number of benzene rings is 2. The van der Waals surface area contributed by atoms with Crippen molar-refractivity contribution < 1.29 is 0 Å². The van der Waals surface area contributed by atoms with Gasteiger partial charge in [0, 0.05) is 29.9 Å². The molecule has 2 heterocycles. The first-order chi connectivity index (χ1) is 13.7. The maximum absolute atomic E-state index is 12.9. The van der Waals surface area contributed by atoms with Crippen molar-refractivity contribution in [3.05, 3.63) is 87.8 Å². The molecule has 2 aromatic carbocycles. The lowest BCUT2D eigenvalue weighted by atomic mass is 9.96. The van der Waals surface area contributed by atoms with Crippen LogP contribution >= 0.6 is 24.0 Å². The quantitative estimate of drug-likeness (QED) is 0.578. The summed E-state index contributed by atoms with van der Waals surface area (Å²) < 4.78 is 1.61. The third-order valence-corrected chi connectivity index (χ3v) is 5.79. The summed E-state index contributed by atoms with van der Waals surface area (Å²) >= 11 is 6.28. The highest BCUT2D eigenvalue weighted by atomic mass is 35.5. The molecule has 6 heteroatoms. The molecule has 1 fully saturated rings. The number of likely N-dealkylation sites (tertiary alicyclic amines) is 1. The van der Waals surface area contributed by atoms with Gasteiger partial charge < -0.3 is 0 Å². The predicted octanol–water partition coefficient (Wildman–Crippen LogP) is 4.90. The molecule has 0 aliphatic carbocycles. The normalized spacial score (nSPS) is 15.1.